The number of amides is 1. The van der Waals surface area contributed by atoms with Crippen molar-refractivity contribution in [3.63, 3.8) is 0 Å². The summed E-state index contributed by atoms with van der Waals surface area (Å²) in [5.74, 6) is 1.84. The van der Waals surface area contributed by atoms with Crippen LogP contribution in [-0.2, 0) is 4.79 Å². The number of hydrogen-bond acceptors (Lipinski definition) is 3. The van der Waals surface area contributed by atoms with Crippen LogP contribution in [0.4, 0.5) is 0 Å². The molecule has 2 aliphatic heterocycles. The first-order valence-corrected chi connectivity index (χ1v) is 7.37. The number of carbonyl (C=O) groups is 1. The molecular formula is C14H27N3O. The smallest absolute Gasteiger partial charge is 0.236 e. The van der Waals surface area contributed by atoms with Crippen molar-refractivity contribution < 1.29 is 4.79 Å². The number of piperidine rings is 1. The van der Waals surface area contributed by atoms with Gasteiger partial charge in [-0.2, -0.15) is 0 Å². The summed E-state index contributed by atoms with van der Waals surface area (Å²) >= 11 is 0. The van der Waals surface area contributed by atoms with E-state index in [1.165, 1.54) is 6.42 Å². The van der Waals surface area contributed by atoms with Gasteiger partial charge in [-0.25, -0.2) is 0 Å². The van der Waals surface area contributed by atoms with Gasteiger partial charge in [0.1, 0.15) is 0 Å². The van der Waals surface area contributed by atoms with Crippen molar-refractivity contribution in [1.82, 2.24) is 15.1 Å². The van der Waals surface area contributed by atoms with Gasteiger partial charge in [0.15, 0.2) is 0 Å². The fraction of sp³-hybridized carbons (Fsp3) is 0.929. The fourth-order valence-corrected chi connectivity index (χ4v) is 2.88. The van der Waals surface area contributed by atoms with Gasteiger partial charge in [0.05, 0.1) is 6.54 Å². The molecule has 2 atom stereocenters. The number of nitrogens with zero attached hydrogens (tertiary/aromatic N) is 2. The van der Waals surface area contributed by atoms with Crippen LogP contribution in [0.3, 0.4) is 0 Å². The molecule has 0 aromatic rings. The standard InChI is InChI=1S/C14H27N3O/c1-12-4-8-16(10-13(12)2)11-14(18)17-7-3-5-15-6-9-17/h12-13,15H,3-11H2,1-2H3. The Hall–Kier alpha value is -0.610. The summed E-state index contributed by atoms with van der Waals surface area (Å²) in [4.78, 5) is 16.6. The Labute approximate surface area is 111 Å². The molecule has 4 heteroatoms. The van der Waals surface area contributed by atoms with Crippen molar-refractivity contribution >= 4 is 5.91 Å². The van der Waals surface area contributed by atoms with Crippen LogP contribution in [-0.4, -0.2) is 61.5 Å². The van der Waals surface area contributed by atoms with E-state index in [1.807, 2.05) is 4.90 Å². The first-order valence-electron chi connectivity index (χ1n) is 7.37. The predicted octanol–water partition coefficient (Wildman–Crippen LogP) is 0.786. The first kappa shape index (κ1) is 13.8. The number of carbonyl (C=O) groups excluding carboxylic acids is 1. The maximum atomic E-state index is 12.3. The maximum absolute atomic E-state index is 12.3. The molecule has 2 heterocycles. The van der Waals surface area contributed by atoms with Gasteiger partial charge in [-0.3, -0.25) is 9.69 Å². The SMILES string of the molecule is CC1CCN(CC(=O)N2CCCNCC2)CC1C. The predicted molar refractivity (Wildman–Crippen MR) is 73.5 cm³/mol. The summed E-state index contributed by atoms with van der Waals surface area (Å²) in [6.45, 7) is 11.2. The van der Waals surface area contributed by atoms with E-state index in [2.05, 4.69) is 24.1 Å². The van der Waals surface area contributed by atoms with Gasteiger partial charge in [-0.1, -0.05) is 13.8 Å². The zero-order valence-corrected chi connectivity index (χ0v) is 11.8. The molecule has 2 rings (SSSR count). The average molecular weight is 253 g/mol. The summed E-state index contributed by atoms with van der Waals surface area (Å²) in [6.07, 6.45) is 2.31. The van der Waals surface area contributed by atoms with Crippen molar-refractivity contribution in [2.24, 2.45) is 11.8 Å². The molecule has 0 aromatic carbocycles. The minimum atomic E-state index is 0.320. The normalized spacial score (nSPS) is 31.1. The highest BCUT2D eigenvalue weighted by Crippen LogP contribution is 2.22. The van der Waals surface area contributed by atoms with Gasteiger partial charge in [-0.15, -0.1) is 0 Å². The maximum Gasteiger partial charge on any atom is 0.236 e. The Morgan fingerprint density at radius 2 is 2.00 bits per heavy atom. The quantitative estimate of drug-likeness (QED) is 0.790. The van der Waals surface area contributed by atoms with E-state index >= 15 is 0 Å². The Morgan fingerprint density at radius 1 is 1.17 bits per heavy atom. The molecule has 0 aliphatic carbocycles. The van der Waals surface area contributed by atoms with Crippen molar-refractivity contribution in [3.8, 4) is 0 Å². The van der Waals surface area contributed by atoms with Gasteiger partial charge in [0.25, 0.3) is 0 Å². The number of nitrogens with one attached hydrogen (secondary N) is 1. The third-order valence-corrected chi connectivity index (χ3v) is 4.47. The molecule has 0 bridgehead atoms. The van der Waals surface area contributed by atoms with Gasteiger partial charge in [-0.05, 0) is 37.8 Å². The molecule has 104 valence electrons. The van der Waals surface area contributed by atoms with Gasteiger partial charge < -0.3 is 10.2 Å². The monoisotopic (exact) mass is 253 g/mol. The molecule has 0 spiro atoms. The molecule has 1 amide bonds. The molecule has 2 saturated heterocycles. The van der Waals surface area contributed by atoms with Gasteiger partial charge >= 0.3 is 0 Å². The summed E-state index contributed by atoms with van der Waals surface area (Å²) in [5.41, 5.74) is 0. The van der Waals surface area contributed by atoms with E-state index in [0.717, 1.165) is 57.5 Å². The lowest BCUT2D eigenvalue weighted by molar-refractivity contribution is -0.132. The van der Waals surface area contributed by atoms with Crippen LogP contribution in [0, 0.1) is 11.8 Å². The molecule has 18 heavy (non-hydrogen) atoms. The highest BCUT2D eigenvalue weighted by atomic mass is 16.2. The minimum absolute atomic E-state index is 0.320. The Bertz CT molecular complexity index is 274. The van der Waals surface area contributed by atoms with Crippen LogP contribution in [0.2, 0.25) is 0 Å². The van der Waals surface area contributed by atoms with Gasteiger partial charge in [0, 0.05) is 26.2 Å². The number of likely N-dealkylation sites (tertiary alicyclic amines) is 1. The van der Waals surface area contributed by atoms with Crippen LogP contribution < -0.4 is 5.32 Å². The zero-order valence-electron chi connectivity index (χ0n) is 11.8. The third-order valence-electron chi connectivity index (χ3n) is 4.47. The Balaban J connectivity index is 1.79. The van der Waals surface area contributed by atoms with E-state index in [1.54, 1.807) is 0 Å². The molecule has 2 aliphatic rings. The second kappa shape index (κ2) is 6.53. The molecule has 0 radical (unpaired) electrons. The van der Waals surface area contributed by atoms with Crippen LogP contribution in [0.5, 0.6) is 0 Å². The Morgan fingerprint density at radius 3 is 2.78 bits per heavy atom. The summed E-state index contributed by atoms with van der Waals surface area (Å²) in [6, 6.07) is 0. The summed E-state index contributed by atoms with van der Waals surface area (Å²) in [5, 5.41) is 3.34. The largest absolute Gasteiger partial charge is 0.340 e. The van der Waals surface area contributed by atoms with Crippen molar-refractivity contribution in [2.75, 3.05) is 45.8 Å². The van der Waals surface area contributed by atoms with Gasteiger partial charge in [0.2, 0.25) is 5.91 Å². The second-order valence-corrected chi connectivity index (χ2v) is 5.96. The number of hydrogen-bond donors (Lipinski definition) is 1. The minimum Gasteiger partial charge on any atom is -0.340 e. The Kier molecular flexibility index (Phi) is 5.01. The summed E-state index contributed by atoms with van der Waals surface area (Å²) < 4.78 is 0. The lowest BCUT2D eigenvalue weighted by Crippen LogP contribution is -2.46. The summed E-state index contributed by atoms with van der Waals surface area (Å²) in [7, 11) is 0. The molecule has 2 unspecified atom stereocenters. The molecule has 2 fully saturated rings. The fourth-order valence-electron chi connectivity index (χ4n) is 2.88. The average Bonchev–Trinajstić information content (AvgIpc) is 2.62. The third kappa shape index (κ3) is 3.69. The first-order chi connectivity index (χ1) is 8.66. The van der Waals surface area contributed by atoms with E-state index in [0.29, 0.717) is 12.5 Å². The van der Waals surface area contributed by atoms with Crippen LogP contribution in [0.25, 0.3) is 0 Å². The van der Waals surface area contributed by atoms with E-state index in [4.69, 9.17) is 0 Å². The highest BCUT2D eigenvalue weighted by molar-refractivity contribution is 5.78. The van der Waals surface area contributed by atoms with E-state index < -0.39 is 0 Å². The molecule has 4 nitrogen and oxygen atoms in total. The molecular weight excluding hydrogens is 226 g/mol. The lowest BCUT2D eigenvalue weighted by atomic mass is 9.89. The lowest BCUT2D eigenvalue weighted by Gasteiger charge is -2.35. The molecule has 0 aromatic heterocycles. The zero-order chi connectivity index (χ0) is 13.0. The van der Waals surface area contributed by atoms with Crippen molar-refractivity contribution in [2.45, 2.75) is 26.7 Å². The van der Waals surface area contributed by atoms with Crippen LogP contribution >= 0.6 is 0 Å². The molecule has 1 N–H and O–H groups in total. The molecule has 0 saturated carbocycles. The van der Waals surface area contributed by atoms with E-state index in [-0.39, 0.29) is 0 Å². The van der Waals surface area contributed by atoms with Crippen LogP contribution in [0.1, 0.15) is 26.7 Å². The van der Waals surface area contributed by atoms with E-state index in [9.17, 15) is 4.79 Å². The van der Waals surface area contributed by atoms with Crippen molar-refractivity contribution in [3.05, 3.63) is 0 Å². The topological polar surface area (TPSA) is 35.6 Å². The number of rotatable bonds is 2. The highest BCUT2D eigenvalue weighted by Gasteiger charge is 2.25. The van der Waals surface area contributed by atoms with Crippen molar-refractivity contribution in [1.29, 1.82) is 0 Å². The second-order valence-electron chi connectivity index (χ2n) is 5.96. The van der Waals surface area contributed by atoms with Crippen LogP contribution in [0.15, 0.2) is 0 Å².